The molecule has 1 aromatic rings. The molecule has 1 fully saturated rings. The molecule has 0 unspecified atom stereocenters. The highest BCUT2D eigenvalue weighted by molar-refractivity contribution is 5.89. The zero-order chi connectivity index (χ0) is 15.5. The normalized spacial score (nSPS) is 22.1. The minimum Gasteiger partial charge on any atom is -0.396 e. The van der Waals surface area contributed by atoms with Crippen LogP contribution in [0.2, 0.25) is 0 Å². The Hall–Kier alpha value is -1.69. The number of hydrogen-bond acceptors (Lipinski definition) is 4. The molecule has 2 rings (SSSR count). The number of urea groups is 1. The van der Waals surface area contributed by atoms with Crippen molar-refractivity contribution in [3.8, 4) is 0 Å². The van der Waals surface area contributed by atoms with Crippen LogP contribution in [-0.4, -0.2) is 33.8 Å². The van der Waals surface area contributed by atoms with Crippen molar-refractivity contribution >= 4 is 11.7 Å². The highest BCUT2D eigenvalue weighted by Gasteiger charge is 2.25. The van der Waals surface area contributed by atoms with Gasteiger partial charge in [0.2, 0.25) is 0 Å². The molecule has 0 aliphatic heterocycles. The second-order valence-corrected chi connectivity index (χ2v) is 6.70. The van der Waals surface area contributed by atoms with Crippen LogP contribution in [0.15, 0.2) is 12.4 Å². The molecule has 21 heavy (non-hydrogen) atoms. The van der Waals surface area contributed by atoms with E-state index >= 15 is 0 Å². The first-order valence-electron chi connectivity index (χ1n) is 7.39. The smallest absolute Gasteiger partial charge is 0.319 e. The van der Waals surface area contributed by atoms with Gasteiger partial charge in [-0.1, -0.05) is 20.8 Å². The third-order valence-corrected chi connectivity index (χ3v) is 3.72. The molecule has 1 heterocycles. The van der Waals surface area contributed by atoms with E-state index in [9.17, 15) is 4.79 Å². The molecule has 6 heteroatoms. The molecular weight excluding hydrogens is 268 g/mol. The lowest BCUT2D eigenvalue weighted by Gasteiger charge is -2.17. The SMILES string of the molecule is CC(C)(C)c1ncc(NC(=O)N[C@H]2CC[C@@H](CO)C2)cn1. The number of rotatable bonds is 3. The molecule has 0 radical (unpaired) electrons. The van der Waals surface area contributed by atoms with E-state index in [1.807, 2.05) is 20.8 Å². The Labute approximate surface area is 125 Å². The van der Waals surface area contributed by atoms with E-state index < -0.39 is 0 Å². The zero-order valence-corrected chi connectivity index (χ0v) is 12.9. The summed E-state index contributed by atoms with van der Waals surface area (Å²) >= 11 is 0. The largest absolute Gasteiger partial charge is 0.396 e. The van der Waals surface area contributed by atoms with Gasteiger partial charge >= 0.3 is 6.03 Å². The van der Waals surface area contributed by atoms with Crippen molar-refractivity contribution in [3.05, 3.63) is 18.2 Å². The van der Waals surface area contributed by atoms with Crippen LogP contribution >= 0.6 is 0 Å². The Morgan fingerprint density at radius 1 is 1.33 bits per heavy atom. The number of amides is 2. The Bertz CT molecular complexity index is 481. The van der Waals surface area contributed by atoms with Gasteiger partial charge in [-0.15, -0.1) is 0 Å². The van der Waals surface area contributed by atoms with E-state index in [0.29, 0.717) is 11.6 Å². The molecule has 0 saturated heterocycles. The van der Waals surface area contributed by atoms with E-state index in [2.05, 4.69) is 20.6 Å². The minimum absolute atomic E-state index is 0.107. The summed E-state index contributed by atoms with van der Waals surface area (Å²) < 4.78 is 0. The predicted octanol–water partition coefficient (Wildman–Crippen LogP) is 2.06. The lowest BCUT2D eigenvalue weighted by molar-refractivity contribution is 0.225. The van der Waals surface area contributed by atoms with Crippen LogP contribution in [0.4, 0.5) is 10.5 Å². The molecule has 1 saturated carbocycles. The van der Waals surface area contributed by atoms with Crippen LogP contribution in [0.25, 0.3) is 0 Å². The molecule has 0 aromatic carbocycles. The summed E-state index contributed by atoms with van der Waals surface area (Å²) in [5.74, 6) is 1.06. The first-order valence-corrected chi connectivity index (χ1v) is 7.39. The lowest BCUT2D eigenvalue weighted by atomic mass is 9.96. The Morgan fingerprint density at radius 2 is 2.00 bits per heavy atom. The maximum Gasteiger partial charge on any atom is 0.319 e. The number of nitrogens with one attached hydrogen (secondary N) is 2. The lowest BCUT2D eigenvalue weighted by Crippen LogP contribution is -2.36. The zero-order valence-electron chi connectivity index (χ0n) is 12.9. The van der Waals surface area contributed by atoms with Crippen LogP contribution in [0.1, 0.15) is 45.9 Å². The minimum atomic E-state index is -0.245. The van der Waals surface area contributed by atoms with Gasteiger partial charge in [0.1, 0.15) is 5.82 Å². The molecule has 1 aliphatic rings. The van der Waals surface area contributed by atoms with Gasteiger partial charge in [0, 0.05) is 18.1 Å². The quantitative estimate of drug-likeness (QED) is 0.795. The second kappa shape index (κ2) is 6.39. The van der Waals surface area contributed by atoms with Crippen LogP contribution in [0, 0.1) is 5.92 Å². The number of carbonyl (C=O) groups excluding carboxylic acids is 1. The van der Waals surface area contributed by atoms with Crippen LogP contribution in [-0.2, 0) is 5.41 Å². The number of carbonyl (C=O) groups is 1. The molecule has 2 amide bonds. The van der Waals surface area contributed by atoms with E-state index in [1.54, 1.807) is 12.4 Å². The standard InChI is InChI=1S/C15H24N4O2/c1-15(2,3)13-16-7-12(8-17-13)19-14(21)18-11-5-4-10(6-11)9-20/h7-8,10-11,20H,4-6,9H2,1-3H3,(H2,18,19,21)/t10-,11+/m1/s1. The van der Waals surface area contributed by atoms with Crippen LogP contribution in [0.5, 0.6) is 0 Å². The molecule has 0 bridgehead atoms. The molecule has 0 spiro atoms. The van der Waals surface area contributed by atoms with Crippen LogP contribution < -0.4 is 10.6 Å². The first kappa shape index (κ1) is 15.7. The molecule has 2 atom stereocenters. The van der Waals surface area contributed by atoms with Crippen molar-refractivity contribution in [2.45, 2.75) is 51.5 Å². The van der Waals surface area contributed by atoms with Gasteiger partial charge in [0.25, 0.3) is 0 Å². The molecule has 6 nitrogen and oxygen atoms in total. The van der Waals surface area contributed by atoms with Crippen molar-refractivity contribution in [2.75, 3.05) is 11.9 Å². The van der Waals surface area contributed by atoms with Gasteiger partial charge in [-0.2, -0.15) is 0 Å². The van der Waals surface area contributed by atoms with Crippen molar-refractivity contribution < 1.29 is 9.90 Å². The van der Waals surface area contributed by atoms with Gasteiger partial charge in [0.15, 0.2) is 0 Å². The number of nitrogens with zero attached hydrogens (tertiary/aromatic N) is 2. The highest BCUT2D eigenvalue weighted by atomic mass is 16.3. The van der Waals surface area contributed by atoms with Crippen molar-refractivity contribution in [2.24, 2.45) is 5.92 Å². The van der Waals surface area contributed by atoms with E-state index in [-0.39, 0.29) is 24.1 Å². The summed E-state index contributed by atoms with van der Waals surface area (Å²) in [6, 6.07) is -0.109. The summed E-state index contributed by atoms with van der Waals surface area (Å²) in [7, 11) is 0. The molecule has 1 aliphatic carbocycles. The molecular formula is C15H24N4O2. The average molecular weight is 292 g/mol. The maximum absolute atomic E-state index is 11.9. The van der Waals surface area contributed by atoms with Crippen molar-refractivity contribution in [3.63, 3.8) is 0 Å². The molecule has 1 aromatic heterocycles. The average Bonchev–Trinajstić information content (AvgIpc) is 2.85. The Morgan fingerprint density at radius 3 is 2.52 bits per heavy atom. The summed E-state index contributed by atoms with van der Waals surface area (Å²) in [6.45, 7) is 6.32. The van der Waals surface area contributed by atoms with E-state index in [4.69, 9.17) is 5.11 Å². The van der Waals surface area contributed by atoms with Gasteiger partial charge in [0.05, 0.1) is 18.1 Å². The predicted molar refractivity (Wildman–Crippen MR) is 81.1 cm³/mol. The maximum atomic E-state index is 11.9. The molecule has 116 valence electrons. The topological polar surface area (TPSA) is 87.1 Å². The van der Waals surface area contributed by atoms with E-state index in [1.165, 1.54) is 0 Å². The fraction of sp³-hybridized carbons (Fsp3) is 0.667. The number of hydrogen-bond donors (Lipinski definition) is 3. The summed E-state index contributed by atoms with van der Waals surface area (Å²) in [6.07, 6.45) is 5.96. The van der Waals surface area contributed by atoms with E-state index in [0.717, 1.165) is 25.1 Å². The third-order valence-electron chi connectivity index (χ3n) is 3.72. The highest BCUT2D eigenvalue weighted by Crippen LogP contribution is 2.25. The van der Waals surface area contributed by atoms with Gasteiger partial charge in [-0.05, 0) is 25.2 Å². The van der Waals surface area contributed by atoms with Gasteiger partial charge < -0.3 is 15.7 Å². The monoisotopic (exact) mass is 292 g/mol. The van der Waals surface area contributed by atoms with Gasteiger partial charge in [-0.25, -0.2) is 14.8 Å². The Kier molecular flexibility index (Phi) is 4.77. The second-order valence-electron chi connectivity index (χ2n) is 6.70. The first-order chi connectivity index (χ1) is 9.88. The summed E-state index contributed by atoms with van der Waals surface area (Å²) in [4.78, 5) is 20.5. The summed E-state index contributed by atoms with van der Waals surface area (Å²) in [5.41, 5.74) is 0.474. The summed E-state index contributed by atoms with van der Waals surface area (Å²) in [5, 5.41) is 14.8. The van der Waals surface area contributed by atoms with Gasteiger partial charge in [-0.3, -0.25) is 0 Å². The molecule has 3 N–H and O–H groups in total. The number of aromatic nitrogens is 2. The number of aliphatic hydroxyl groups is 1. The van der Waals surface area contributed by atoms with Crippen molar-refractivity contribution in [1.82, 2.24) is 15.3 Å². The fourth-order valence-electron chi connectivity index (χ4n) is 2.50. The van der Waals surface area contributed by atoms with Crippen LogP contribution in [0.3, 0.4) is 0 Å². The fourth-order valence-corrected chi connectivity index (χ4v) is 2.50. The Balaban J connectivity index is 1.85. The number of aliphatic hydroxyl groups excluding tert-OH is 1. The van der Waals surface area contributed by atoms with Crippen molar-refractivity contribution in [1.29, 1.82) is 0 Å². The number of anilines is 1. The third kappa shape index (κ3) is 4.39.